The molecule has 30 heavy (non-hydrogen) atoms. The molecule has 2 aromatic carbocycles. The molecule has 6 nitrogen and oxygen atoms in total. The van der Waals surface area contributed by atoms with Crippen molar-refractivity contribution in [2.75, 3.05) is 39.3 Å². The molecule has 2 heterocycles. The van der Waals surface area contributed by atoms with Crippen LogP contribution in [0.1, 0.15) is 19.3 Å². The Labute approximate surface area is 180 Å². The molecule has 0 amide bonds. The number of rotatable bonds is 4. The number of phenolic OH excluding ortho intramolecular Hbond substituents is 1. The quantitative estimate of drug-likeness (QED) is 0.820. The topological polar surface area (TPSA) is 59.4 Å². The van der Waals surface area contributed by atoms with Crippen LogP contribution >= 0.6 is 0 Å². The van der Waals surface area contributed by atoms with Crippen molar-refractivity contribution in [1.82, 2.24) is 14.1 Å². The number of benzene rings is 2. The minimum Gasteiger partial charge on any atom is -0.508 e. The molecule has 7 heteroatoms. The van der Waals surface area contributed by atoms with Crippen molar-refractivity contribution in [3.05, 3.63) is 48.5 Å². The number of aliphatic imine (C=N–C) groups is 1. The SMILES string of the molecule is O=S(c1ccc(-c2cccc(O)c2)cc1)N1CCN=C1N1CCN(C2CCC2)CC1. The van der Waals surface area contributed by atoms with Gasteiger partial charge in [0.25, 0.3) is 0 Å². The van der Waals surface area contributed by atoms with Crippen molar-refractivity contribution in [1.29, 1.82) is 0 Å². The molecular formula is C23H28N4O2S. The lowest BCUT2D eigenvalue weighted by Crippen LogP contribution is -2.55. The summed E-state index contributed by atoms with van der Waals surface area (Å²) in [7, 11) is -1.27. The third-order valence-electron chi connectivity index (χ3n) is 6.40. The van der Waals surface area contributed by atoms with Gasteiger partial charge < -0.3 is 10.0 Å². The molecular weight excluding hydrogens is 396 g/mol. The average molecular weight is 425 g/mol. The fourth-order valence-electron chi connectivity index (χ4n) is 4.45. The van der Waals surface area contributed by atoms with Crippen molar-refractivity contribution < 1.29 is 9.32 Å². The van der Waals surface area contributed by atoms with Crippen molar-refractivity contribution in [3.8, 4) is 16.9 Å². The molecule has 0 bridgehead atoms. The summed E-state index contributed by atoms with van der Waals surface area (Å²) in [4.78, 5) is 10.4. The Balaban J connectivity index is 1.26. The van der Waals surface area contributed by atoms with Gasteiger partial charge in [0.05, 0.1) is 18.0 Å². The first-order chi connectivity index (χ1) is 14.7. The van der Waals surface area contributed by atoms with E-state index < -0.39 is 11.0 Å². The summed E-state index contributed by atoms with van der Waals surface area (Å²) in [5.74, 6) is 1.13. The Morgan fingerprint density at radius 1 is 0.933 bits per heavy atom. The normalized spacial score (nSPS) is 21.4. The van der Waals surface area contributed by atoms with Crippen molar-refractivity contribution in [3.63, 3.8) is 0 Å². The number of hydrogen-bond donors (Lipinski definition) is 1. The van der Waals surface area contributed by atoms with E-state index in [4.69, 9.17) is 4.99 Å². The molecule has 1 atom stereocenters. The molecule has 158 valence electrons. The predicted octanol–water partition coefficient (Wildman–Crippen LogP) is 2.92. The fourth-order valence-corrected chi connectivity index (χ4v) is 5.64. The molecule has 0 radical (unpaired) electrons. The standard InChI is InChI=1S/C23H28N4O2S/c28-21-6-1-3-19(17-21)18-7-9-22(10-8-18)30(29)27-12-11-24-23(27)26-15-13-25(14-16-26)20-4-2-5-20/h1,3,6-10,17,20,28H,2,4-5,11-16H2. The van der Waals surface area contributed by atoms with E-state index in [1.165, 1.54) is 19.3 Å². The molecule has 0 spiro atoms. The first-order valence-corrected chi connectivity index (χ1v) is 11.9. The minimum absolute atomic E-state index is 0.246. The van der Waals surface area contributed by atoms with Gasteiger partial charge in [-0.1, -0.05) is 30.7 Å². The maximum Gasteiger partial charge on any atom is 0.209 e. The van der Waals surface area contributed by atoms with E-state index in [-0.39, 0.29) is 5.75 Å². The zero-order valence-electron chi connectivity index (χ0n) is 17.1. The molecule has 3 aliphatic rings. The number of guanidine groups is 1. The summed E-state index contributed by atoms with van der Waals surface area (Å²) >= 11 is 0. The first-order valence-electron chi connectivity index (χ1n) is 10.8. The van der Waals surface area contributed by atoms with Crippen LogP contribution in [0.5, 0.6) is 5.75 Å². The summed E-state index contributed by atoms with van der Waals surface area (Å²) in [6.07, 6.45) is 4.06. The second kappa shape index (κ2) is 8.40. The van der Waals surface area contributed by atoms with Crippen LogP contribution in [-0.4, -0.2) is 74.7 Å². The van der Waals surface area contributed by atoms with Crippen LogP contribution in [0.25, 0.3) is 11.1 Å². The Kier molecular flexibility index (Phi) is 5.48. The van der Waals surface area contributed by atoms with Gasteiger partial charge in [0.1, 0.15) is 5.75 Å². The Morgan fingerprint density at radius 3 is 2.37 bits per heavy atom. The fraction of sp³-hybridized carbons (Fsp3) is 0.435. The molecule has 1 N–H and O–H groups in total. The molecule has 2 aliphatic heterocycles. The molecule has 1 saturated carbocycles. The minimum atomic E-state index is -1.27. The van der Waals surface area contributed by atoms with E-state index in [1.54, 1.807) is 12.1 Å². The zero-order valence-corrected chi connectivity index (χ0v) is 17.9. The number of aromatic hydroxyl groups is 1. The van der Waals surface area contributed by atoms with E-state index in [0.717, 1.165) is 54.2 Å². The van der Waals surface area contributed by atoms with Crippen LogP contribution in [0.3, 0.4) is 0 Å². The van der Waals surface area contributed by atoms with E-state index >= 15 is 0 Å². The average Bonchev–Trinajstić information content (AvgIpc) is 3.23. The summed E-state index contributed by atoms with van der Waals surface area (Å²) in [6, 6.07) is 15.7. The van der Waals surface area contributed by atoms with Gasteiger partial charge in [0, 0.05) is 32.2 Å². The van der Waals surface area contributed by atoms with Gasteiger partial charge in [-0.25, -0.2) is 4.21 Å². The maximum atomic E-state index is 13.3. The van der Waals surface area contributed by atoms with Gasteiger partial charge in [-0.3, -0.25) is 14.2 Å². The van der Waals surface area contributed by atoms with Crippen molar-refractivity contribution in [2.24, 2.45) is 4.99 Å². The number of hydrogen-bond acceptors (Lipinski definition) is 5. The predicted molar refractivity (Wildman–Crippen MR) is 120 cm³/mol. The lowest BCUT2D eigenvalue weighted by atomic mass is 9.91. The highest BCUT2D eigenvalue weighted by Crippen LogP contribution is 2.27. The van der Waals surface area contributed by atoms with Crippen LogP contribution in [-0.2, 0) is 11.0 Å². The molecule has 2 aromatic rings. The third-order valence-corrected chi connectivity index (χ3v) is 7.82. The van der Waals surface area contributed by atoms with E-state index in [1.807, 2.05) is 40.7 Å². The van der Waals surface area contributed by atoms with E-state index in [2.05, 4.69) is 9.80 Å². The van der Waals surface area contributed by atoms with Gasteiger partial charge in [0.2, 0.25) is 5.96 Å². The molecule has 1 unspecified atom stereocenters. The Morgan fingerprint density at radius 2 is 1.70 bits per heavy atom. The highest BCUT2D eigenvalue weighted by Gasteiger charge is 2.33. The van der Waals surface area contributed by atoms with Crippen LogP contribution in [0.15, 0.2) is 58.4 Å². The molecule has 2 fully saturated rings. The second-order valence-corrected chi connectivity index (χ2v) is 9.63. The second-order valence-electron chi connectivity index (χ2n) is 8.22. The largest absolute Gasteiger partial charge is 0.508 e. The van der Waals surface area contributed by atoms with Gasteiger partial charge >= 0.3 is 0 Å². The molecule has 5 rings (SSSR count). The van der Waals surface area contributed by atoms with E-state index in [0.29, 0.717) is 13.1 Å². The van der Waals surface area contributed by atoms with Gasteiger partial charge in [-0.15, -0.1) is 0 Å². The monoisotopic (exact) mass is 424 g/mol. The number of phenols is 1. The van der Waals surface area contributed by atoms with Crippen molar-refractivity contribution >= 4 is 16.9 Å². The van der Waals surface area contributed by atoms with Crippen LogP contribution < -0.4 is 0 Å². The van der Waals surface area contributed by atoms with Gasteiger partial charge in [0.15, 0.2) is 11.0 Å². The summed E-state index contributed by atoms with van der Waals surface area (Å²) < 4.78 is 15.3. The lowest BCUT2D eigenvalue weighted by Gasteiger charge is -2.44. The number of piperazine rings is 1. The Hall–Kier alpha value is -2.38. The highest BCUT2D eigenvalue weighted by atomic mass is 32.2. The van der Waals surface area contributed by atoms with Gasteiger partial charge in [-0.05, 0) is 48.2 Å². The highest BCUT2D eigenvalue weighted by molar-refractivity contribution is 7.83. The lowest BCUT2D eigenvalue weighted by molar-refractivity contribution is 0.0834. The van der Waals surface area contributed by atoms with Gasteiger partial charge in [-0.2, -0.15) is 0 Å². The third kappa shape index (κ3) is 3.84. The maximum absolute atomic E-state index is 13.3. The first kappa shape index (κ1) is 19.6. The zero-order chi connectivity index (χ0) is 20.5. The van der Waals surface area contributed by atoms with Crippen LogP contribution in [0.4, 0.5) is 0 Å². The molecule has 0 aromatic heterocycles. The molecule has 1 saturated heterocycles. The molecule has 1 aliphatic carbocycles. The smallest absolute Gasteiger partial charge is 0.209 e. The summed E-state index contributed by atoms with van der Waals surface area (Å²) in [5.41, 5.74) is 1.94. The van der Waals surface area contributed by atoms with Crippen LogP contribution in [0, 0.1) is 0 Å². The number of nitrogens with zero attached hydrogens (tertiary/aromatic N) is 4. The van der Waals surface area contributed by atoms with Crippen LogP contribution in [0.2, 0.25) is 0 Å². The van der Waals surface area contributed by atoms with E-state index in [9.17, 15) is 9.32 Å². The summed E-state index contributed by atoms with van der Waals surface area (Å²) in [6.45, 7) is 5.45. The van der Waals surface area contributed by atoms with Crippen molar-refractivity contribution in [2.45, 2.75) is 30.2 Å². The Bertz CT molecular complexity index is 950. The summed E-state index contributed by atoms with van der Waals surface area (Å²) in [5, 5.41) is 9.70.